The van der Waals surface area contributed by atoms with Gasteiger partial charge in [0.1, 0.15) is 11.3 Å². The predicted octanol–water partition coefficient (Wildman–Crippen LogP) is 2.41. The van der Waals surface area contributed by atoms with Gasteiger partial charge < -0.3 is 4.90 Å². The molecule has 1 aromatic heterocycles. The number of aryl methyl sites for hydroxylation is 1. The lowest BCUT2D eigenvalue weighted by atomic mass is 10.0. The highest BCUT2D eigenvalue weighted by Crippen LogP contribution is 2.18. The molecule has 21 heavy (non-hydrogen) atoms. The smallest absolute Gasteiger partial charge is 0.261 e. The van der Waals surface area contributed by atoms with Crippen LogP contribution in [0.5, 0.6) is 0 Å². The molecule has 112 valence electrons. The first-order chi connectivity index (χ1) is 10.2. The third-order valence-corrected chi connectivity index (χ3v) is 4.43. The average molecular weight is 289 g/mol. The van der Waals surface area contributed by atoms with E-state index < -0.39 is 5.82 Å². The maximum absolute atomic E-state index is 13.6. The summed E-state index contributed by atoms with van der Waals surface area (Å²) in [6.45, 7) is 1.76. The Hall–Kier alpha value is -1.75. The van der Waals surface area contributed by atoms with Crippen LogP contribution in [0.3, 0.4) is 0 Å². The molecule has 0 aliphatic carbocycles. The molecule has 0 unspecified atom stereocenters. The van der Waals surface area contributed by atoms with Gasteiger partial charge in [0.2, 0.25) is 0 Å². The van der Waals surface area contributed by atoms with E-state index in [0.29, 0.717) is 18.0 Å². The van der Waals surface area contributed by atoms with Crippen molar-refractivity contribution < 1.29 is 4.39 Å². The fraction of sp³-hybridized carbons (Fsp3) is 0.500. The van der Waals surface area contributed by atoms with Gasteiger partial charge in [-0.05, 0) is 45.0 Å². The second-order valence-corrected chi connectivity index (χ2v) is 5.80. The van der Waals surface area contributed by atoms with E-state index in [0.717, 1.165) is 13.0 Å². The minimum absolute atomic E-state index is 0.155. The van der Waals surface area contributed by atoms with Crippen molar-refractivity contribution in [1.29, 1.82) is 0 Å². The Kier molecular flexibility index (Phi) is 4.01. The number of para-hydroxylation sites is 1. The van der Waals surface area contributed by atoms with E-state index >= 15 is 0 Å². The molecule has 2 aromatic rings. The molecular weight excluding hydrogens is 269 g/mol. The van der Waals surface area contributed by atoms with Crippen molar-refractivity contribution in [3.05, 3.63) is 40.7 Å². The van der Waals surface area contributed by atoms with Crippen molar-refractivity contribution in [2.45, 2.75) is 38.3 Å². The van der Waals surface area contributed by atoms with Crippen LogP contribution in [0.1, 0.15) is 25.7 Å². The molecule has 3 rings (SSSR count). The lowest BCUT2D eigenvalue weighted by Crippen LogP contribution is -2.37. The quantitative estimate of drug-likeness (QED) is 0.871. The maximum Gasteiger partial charge on any atom is 0.261 e. The Morgan fingerprint density at radius 2 is 2.24 bits per heavy atom. The summed E-state index contributed by atoms with van der Waals surface area (Å²) in [5.74, 6) is -0.441. The number of aromatic nitrogens is 2. The number of likely N-dealkylation sites (tertiary alicyclic amines) is 1. The molecule has 0 spiro atoms. The van der Waals surface area contributed by atoms with Gasteiger partial charge in [-0.3, -0.25) is 9.36 Å². The number of piperidine rings is 1. The number of halogens is 1. The molecule has 1 atom stereocenters. The van der Waals surface area contributed by atoms with E-state index in [2.05, 4.69) is 16.9 Å². The van der Waals surface area contributed by atoms with Crippen LogP contribution in [-0.2, 0) is 6.54 Å². The summed E-state index contributed by atoms with van der Waals surface area (Å²) >= 11 is 0. The van der Waals surface area contributed by atoms with Gasteiger partial charge in [-0.2, -0.15) is 0 Å². The molecule has 4 nitrogen and oxygen atoms in total. The van der Waals surface area contributed by atoms with Crippen molar-refractivity contribution >= 4 is 10.9 Å². The zero-order valence-electron chi connectivity index (χ0n) is 12.3. The monoisotopic (exact) mass is 289 g/mol. The summed E-state index contributed by atoms with van der Waals surface area (Å²) in [6.07, 6.45) is 6.09. The Balaban J connectivity index is 1.81. The molecule has 1 aliphatic rings. The summed E-state index contributed by atoms with van der Waals surface area (Å²) < 4.78 is 15.2. The Morgan fingerprint density at radius 3 is 3.05 bits per heavy atom. The van der Waals surface area contributed by atoms with E-state index in [9.17, 15) is 9.18 Å². The standard InChI is InChI=1S/C16H20FN3O/c1-19-9-3-2-5-12(19)8-10-20-11-18-15-13(16(20)21)6-4-7-14(15)17/h4,6-7,11-12H,2-3,5,8-10H2,1H3/t12-/m0/s1. The van der Waals surface area contributed by atoms with E-state index in [1.165, 1.54) is 31.7 Å². The van der Waals surface area contributed by atoms with Crippen LogP contribution in [0, 0.1) is 5.82 Å². The number of hydrogen-bond acceptors (Lipinski definition) is 3. The number of rotatable bonds is 3. The lowest BCUT2D eigenvalue weighted by molar-refractivity contribution is 0.170. The van der Waals surface area contributed by atoms with Crippen LogP contribution < -0.4 is 5.56 Å². The average Bonchev–Trinajstić information content (AvgIpc) is 2.49. The molecule has 1 saturated heterocycles. The van der Waals surface area contributed by atoms with Gasteiger partial charge in [0.15, 0.2) is 0 Å². The highest BCUT2D eigenvalue weighted by atomic mass is 19.1. The van der Waals surface area contributed by atoms with Crippen molar-refractivity contribution in [2.75, 3.05) is 13.6 Å². The van der Waals surface area contributed by atoms with E-state index in [1.807, 2.05) is 0 Å². The molecule has 2 heterocycles. The third kappa shape index (κ3) is 2.83. The first-order valence-corrected chi connectivity index (χ1v) is 7.51. The minimum atomic E-state index is -0.441. The normalized spacial score (nSPS) is 20.0. The molecule has 0 N–H and O–H groups in total. The molecule has 5 heteroatoms. The first kappa shape index (κ1) is 14.2. The highest BCUT2D eigenvalue weighted by molar-refractivity contribution is 5.77. The number of fused-ring (bicyclic) bond motifs is 1. The van der Waals surface area contributed by atoms with Crippen molar-refractivity contribution in [3.8, 4) is 0 Å². The van der Waals surface area contributed by atoms with Gasteiger partial charge in [-0.1, -0.05) is 12.5 Å². The van der Waals surface area contributed by atoms with E-state index in [-0.39, 0.29) is 11.1 Å². The number of hydrogen-bond donors (Lipinski definition) is 0. The number of nitrogens with zero attached hydrogens (tertiary/aromatic N) is 3. The van der Waals surface area contributed by atoms with Gasteiger partial charge in [-0.25, -0.2) is 9.37 Å². The molecular formula is C16H20FN3O. The topological polar surface area (TPSA) is 38.1 Å². The van der Waals surface area contributed by atoms with Gasteiger partial charge in [0, 0.05) is 12.6 Å². The number of benzene rings is 1. The summed E-state index contributed by atoms with van der Waals surface area (Å²) in [5.41, 5.74) is 0.00602. The highest BCUT2D eigenvalue weighted by Gasteiger charge is 2.18. The summed E-state index contributed by atoms with van der Waals surface area (Å²) in [6, 6.07) is 5.04. The SMILES string of the molecule is CN1CCCC[C@H]1CCn1cnc2c(F)cccc2c1=O. The molecule has 0 amide bonds. The van der Waals surface area contributed by atoms with Crippen LogP contribution in [0.2, 0.25) is 0 Å². The lowest BCUT2D eigenvalue weighted by Gasteiger charge is -2.32. The Labute approximate surface area is 123 Å². The van der Waals surface area contributed by atoms with Gasteiger partial charge in [0.05, 0.1) is 11.7 Å². The zero-order chi connectivity index (χ0) is 14.8. The van der Waals surface area contributed by atoms with Crippen molar-refractivity contribution in [2.24, 2.45) is 0 Å². The van der Waals surface area contributed by atoms with Crippen LogP contribution in [0.15, 0.2) is 29.3 Å². The molecule has 1 aromatic carbocycles. The summed E-state index contributed by atoms with van der Waals surface area (Å²) in [7, 11) is 2.14. The summed E-state index contributed by atoms with van der Waals surface area (Å²) in [5, 5.41) is 0.356. The molecule has 0 radical (unpaired) electrons. The van der Waals surface area contributed by atoms with E-state index in [1.54, 1.807) is 16.7 Å². The minimum Gasteiger partial charge on any atom is -0.303 e. The molecule has 1 fully saturated rings. The third-order valence-electron chi connectivity index (χ3n) is 4.43. The first-order valence-electron chi connectivity index (χ1n) is 7.51. The molecule has 0 bridgehead atoms. The summed E-state index contributed by atoms with van der Waals surface area (Å²) in [4.78, 5) is 18.8. The Bertz CT molecular complexity index is 697. The van der Waals surface area contributed by atoms with Crippen LogP contribution >= 0.6 is 0 Å². The fourth-order valence-electron chi connectivity index (χ4n) is 3.11. The molecule has 1 aliphatic heterocycles. The fourth-order valence-corrected chi connectivity index (χ4v) is 3.11. The second kappa shape index (κ2) is 5.93. The Morgan fingerprint density at radius 1 is 1.38 bits per heavy atom. The largest absolute Gasteiger partial charge is 0.303 e. The van der Waals surface area contributed by atoms with Crippen molar-refractivity contribution in [1.82, 2.24) is 14.5 Å². The van der Waals surface area contributed by atoms with Crippen LogP contribution in [0.25, 0.3) is 10.9 Å². The van der Waals surface area contributed by atoms with Crippen molar-refractivity contribution in [3.63, 3.8) is 0 Å². The zero-order valence-corrected chi connectivity index (χ0v) is 12.3. The predicted molar refractivity (Wildman–Crippen MR) is 80.8 cm³/mol. The van der Waals surface area contributed by atoms with Gasteiger partial charge in [0.25, 0.3) is 5.56 Å². The van der Waals surface area contributed by atoms with Crippen LogP contribution in [0.4, 0.5) is 4.39 Å². The van der Waals surface area contributed by atoms with Gasteiger partial charge >= 0.3 is 0 Å². The maximum atomic E-state index is 13.6. The van der Waals surface area contributed by atoms with E-state index in [4.69, 9.17) is 0 Å². The second-order valence-electron chi connectivity index (χ2n) is 5.80. The molecule has 0 saturated carbocycles. The van der Waals surface area contributed by atoms with Crippen LogP contribution in [-0.4, -0.2) is 34.1 Å². The van der Waals surface area contributed by atoms with Gasteiger partial charge in [-0.15, -0.1) is 0 Å².